The molecule has 0 aliphatic carbocycles. The van der Waals surface area contributed by atoms with E-state index in [4.69, 9.17) is 4.42 Å². The van der Waals surface area contributed by atoms with Gasteiger partial charge in [-0.25, -0.2) is 9.98 Å². The third-order valence-electron chi connectivity index (χ3n) is 3.58. The van der Waals surface area contributed by atoms with E-state index in [1.807, 2.05) is 6.92 Å². The van der Waals surface area contributed by atoms with E-state index >= 15 is 0 Å². The van der Waals surface area contributed by atoms with E-state index in [2.05, 4.69) is 72.6 Å². The Morgan fingerprint density at radius 2 is 1.84 bits per heavy atom. The molecule has 0 aliphatic rings. The molecule has 1 aromatic heterocycles. The molecule has 0 unspecified atom stereocenters. The van der Waals surface area contributed by atoms with Crippen LogP contribution in [0.5, 0.6) is 0 Å². The zero-order chi connectivity index (χ0) is 17.6. The van der Waals surface area contributed by atoms with Crippen molar-refractivity contribution in [2.45, 2.75) is 53.1 Å². The fourth-order valence-electron chi connectivity index (χ4n) is 2.10. The Labute approximate surface area is 167 Å². The van der Waals surface area contributed by atoms with E-state index in [0.717, 1.165) is 18.3 Å². The molecule has 0 amide bonds. The average molecular weight is 456 g/mol. The van der Waals surface area contributed by atoms with Crippen molar-refractivity contribution in [1.29, 1.82) is 0 Å². The SMILES string of the molecule is CCNC(=NCc1ccc(C)cc1)NCc1ncc(C(C)(C)C)o1.I. The molecule has 2 N–H and O–H groups in total. The molecule has 5 nitrogen and oxygen atoms in total. The van der Waals surface area contributed by atoms with Crippen LogP contribution in [-0.4, -0.2) is 17.5 Å². The molecule has 0 bridgehead atoms. The van der Waals surface area contributed by atoms with Crippen molar-refractivity contribution in [1.82, 2.24) is 15.6 Å². The largest absolute Gasteiger partial charge is 0.443 e. The number of hydrogen-bond donors (Lipinski definition) is 2. The molecule has 0 aliphatic heterocycles. The smallest absolute Gasteiger partial charge is 0.213 e. The number of oxazole rings is 1. The Bertz CT molecular complexity index is 671. The third-order valence-corrected chi connectivity index (χ3v) is 3.58. The first kappa shape index (κ1) is 21.5. The highest BCUT2D eigenvalue weighted by molar-refractivity contribution is 14.0. The molecule has 0 atom stereocenters. The number of rotatable bonds is 5. The van der Waals surface area contributed by atoms with Gasteiger partial charge in [0.1, 0.15) is 5.76 Å². The lowest BCUT2D eigenvalue weighted by atomic mass is 9.94. The topological polar surface area (TPSA) is 62.5 Å². The summed E-state index contributed by atoms with van der Waals surface area (Å²) in [6, 6.07) is 8.41. The molecule has 0 fully saturated rings. The first-order chi connectivity index (χ1) is 11.4. The predicted octanol–water partition coefficient (Wildman–Crippen LogP) is 4.15. The van der Waals surface area contributed by atoms with Gasteiger partial charge in [-0.15, -0.1) is 24.0 Å². The lowest BCUT2D eigenvalue weighted by molar-refractivity contribution is 0.379. The Balaban J connectivity index is 0.00000312. The van der Waals surface area contributed by atoms with Crippen molar-refractivity contribution in [3.63, 3.8) is 0 Å². The van der Waals surface area contributed by atoms with Crippen LogP contribution in [0, 0.1) is 6.92 Å². The summed E-state index contributed by atoms with van der Waals surface area (Å²) < 4.78 is 5.80. The summed E-state index contributed by atoms with van der Waals surface area (Å²) in [6.07, 6.45) is 1.80. The van der Waals surface area contributed by atoms with Crippen LogP contribution >= 0.6 is 24.0 Å². The summed E-state index contributed by atoms with van der Waals surface area (Å²) in [5.41, 5.74) is 2.41. The number of nitrogens with zero attached hydrogens (tertiary/aromatic N) is 2. The number of halogens is 1. The highest BCUT2D eigenvalue weighted by Crippen LogP contribution is 2.22. The first-order valence-electron chi connectivity index (χ1n) is 8.41. The fraction of sp³-hybridized carbons (Fsp3) is 0.474. The van der Waals surface area contributed by atoms with Crippen molar-refractivity contribution >= 4 is 29.9 Å². The number of aliphatic imine (C=N–C) groups is 1. The second kappa shape index (κ2) is 9.79. The van der Waals surface area contributed by atoms with Crippen LogP contribution in [-0.2, 0) is 18.5 Å². The van der Waals surface area contributed by atoms with Gasteiger partial charge in [0.25, 0.3) is 0 Å². The monoisotopic (exact) mass is 456 g/mol. The van der Waals surface area contributed by atoms with Crippen LogP contribution < -0.4 is 10.6 Å². The normalized spacial score (nSPS) is 11.8. The number of benzene rings is 1. The highest BCUT2D eigenvalue weighted by atomic mass is 127. The van der Waals surface area contributed by atoms with Gasteiger partial charge in [-0.2, -0.15) is 0 Å². The Kier molecular flexibility index (Phi) is 8.41. The maximum atomic E-state index is 5.80. The van der Waals surface area contributed by atoms with Gasteiger partial charge in [0.15, 0.2) is 5.96 Å². The van der Waals surface area contributed by atoms with Crippen LogP contribution in [0.25, 0.3) is 0 Å². The Morgan fingerprint density at radius 3 is 2.40 bits per heavy atom. The number of aryl methyl sites for hydroxylation is 1. The second-order valence-corrected chi connectivity index (χ2v) is 6.90. The molecular formula is C19H29IN4O. The fourth-order valence-corrected chi connectivity index (χ4v) is 2.10. The van der Waals surface area contributed by atoms with Gasteiger partial charge < -0.3 is 15.1 Å². The van der Waals surface area contributed by atoms with E-state index in [9.17, 15) is 0 Å². The van der Waals surface area contributed by atoms with Crippen molar-refractivity contribution in [3.8, 4) is 0 Å². The third kappa shape index (κ3) is 7.05. The van der Waals surface area contributed by atoms with Crippen LogP contribution in [0.3, 0.4) is 0 Å². The minimum absolute atomic E-state index is 0. The lowest BCUT2D eigenvalue weighted by Crippen LogP contribution is -2.36. The molecule has 6 heteroatoms. The quantitative estimate of drug-likeness (QED) is 0.403. The molecule has 0 saturated heterocycles. The van der Waals surface area contributed by atoms with E-state index in [1.54, 1.807) is 6.20 Å². The van der Waals surface area contributed by atoms with Gasteiger partial charge in [-0.05, 0) is 19.4 Å². The zero-order valence-corrected chi connectivity index (χ0v) is 18.0. The first-order valence-corrected chi connectivity index (χ1v) is 8.41. The van der Waals surface area contributed by atoms with Gasteiger partial charge in [0.05, 0.1) is 19.3 Å². The summed E-state index contributed by atoms with van der Waals surface area (Å²) in [6.45, 7) is 12.4. The predicted molar refractivity (Wildman–Crippen MR) is 113 cm³/mol. The Morgan fingerprint density at radius 1 is 1.16 bits per heavy atom. The minimum Gasteiger partial charge on any atom is -0.443 e. The van der Waals surface area contributed by atoms with Gasteiger partial charge in [-0.1, -0.05) is 50.6 Å². The summed E-state index contributed by atoms with van der Waals surface area (Å²) in [5, 5.41) is 6.51. The number of aromatic nitrogens is 1. The lowest BCUT2D eigenvalue weighted by Gasteiger charge is -2.13. The summed E-state index contributed by atoms with van der Waals surface area (Å²) >= 11 is 0. The zero-order valence-electron chi connectivity index (χ0n) is 15.7. The summed E-state index contributed by atoms with van der Waals surface area (Å²) in [4.78, 5) is 8.94. The summed E-state index contributed by atoms with van der Waals surface area (Å²) in [5.74, 6) is 2.32. The number of guanidine groups is 1. The van der Waals surface area contributed by atoms with Gasteiger partial charge in [0.2, 0.25) is 5.89 Å². The van der Waals surface area contributed by atoms with E-state index in [0.29, 0.717) is 19.0 Å². The number of hydrogen-bond acceptors (Lipinski definition) is 3. The number of nitrogens with one attached hydrogen (secondary N) is 2. The highest BCUT2D eigenvalue weighted by Gasteiger charge is 2.19. The molecule has 0 radical (unpaired) electrons. The molecular weight excluding hydrogens is 427 g/mol. The van der Waals surface area contributed by atoms with Crippen LogP contribution in [0.2, 0.25) is 0 Å². The maximum Gasteiger partial charge on any atom is 0.213 e. The van der Waals surface area contributed by atoms with Crippen LogP contribution in [0.1, 0.15) is 50.5 Å². The van der Waals surface area contributed by atoms with Crippen molar-refractivity contribution in [2.75, 3.05) is 6.54 Å². The van der Waals surface area contributed by atoms with Crippen LogP contribution in [0.4, 0.5) is 0 Å². The molecule has 1 aromatic carbocycles. The molecule has 1 heterocycles. The van der Waals surface area contributed by atoms with E-state index in [1.165, 1.54) is 11.1 Å². The van der Waals surface area contributed by atoms with Crippen molar-refractivity contribution in [3.05, 3.63) is 53.2 Å². The van der Waals surface area contributed by atoms with Crippen molar-refractivity contribution in [2.24, 2.45) is 4.99 Å². The molecule has 2 aromatic rings. The standard InChI is InChI=1S/C19H28N4O.HI/c1-6-20-18(22-11-15-9-7-14(2)8-10-15)23-13-17-21-12-16(24-17)19(3,4)5;/h7-10,12H,6,11,13H2,1-5H3,(H2,20,22,23);1H. The van der Waals surface area contributed by atoms with Gasteiger partial charge in [0, 0.05) is 12.0 Å². The Hall–Kier alpha value is -1.57. The molecule has 0 saturated carbocycles. The summed E-state index contributed by atoms with van der Waals surface area (Å²) in [7, 11) is 0. The van der Waals surface area contributed by atoms with Crippen LogP contribution in [0.15, 0.2) is 39.9 Å². The van der Waals surface area contributed by atoms with Crippen molar-refractivity contribution < 1.29 is 4.42 Å². The molecule has 138 valence electrons. The molecule has 25 heavy (non-hydrogen) atoms. The van der Waals surface area contributed by atoms with Gasteiger partial charge >= 0.3 is 0 Å². The molecule has 2 rings (SSSR count). The molecule has 0 spiro atoms. The van der Waals surface area contributed by atoms with E-state index in [-0.39, 0.29) is 29.4 Å². The minimum atomic E-state index is -0.0325. The van der Waals surface area contributed by atoms with Gasteiger partial charge in [-0.3, -0.25) is 0 Å². The second-order valence-electron chi connectivity index (χ2n) is 6.90. The average Bonchev–Trinajstić information content (AvgIpc) is 3.01. The van der Waals surface area contributed by atoms with E-state index < -0.39 is 0 Å². The maximum absolute atomic E-state index is 5.80.